The predicted molar refractivity (Wildman–Crippen MR) is 122 cm³/mol. The molecule has 1 unspecified atom stereocenters. The number of halogens is 1. The molecule has 1 aromatic heterocycles. The number of carbonyl (C=O) groups excluding carboxylic acids is 1. The largest absolute Gasteiger partial charge is 0.461 e. The van der Waals surface area contributed by atoms with E-state index in [0.717, 1.165) is 38.0 Å². The molecule has 1 aliphatic heterocycles. The predicted octanol–water partition coefficient (Wildman–Crippen LogP) is 4.81. The summed E-state index contributed by atoms with van der Waals surface area (Å²) in [6, 6.07) is 17.6. The number of aromatic nitrogens is 2. The summed E-state index contributed by atoms with van der Waals surface area (Å²) in [6.07, 6.45) is 3.82. The highest BCUT2D eigenvalue weighted by Gasteiger charge is 2.26. The first-order valence-corrected chi connectivity index (χ1v) is 11.0. The lowest BCUT2D eigenvalue weighted by molar-refractivity contribution is 0.0861. The number of likely N-dealkylation sites (tertiary alicyclic amines) is 1. The number of carbonyl (C=O) groups is 1. The number of ether oxygens (including phenoxy) is 1. The maximum absolute atomic E-state index is 13.0. The Balaban J connectivity index is 1.33. The van der Waals surface area contributed by atoms with Gasteiger partial charge in [-0.15, -0.1) is 0 Å². The smallest absolute Gasteiger partial charge is 0.329 e. The summed E-state index contributed by atoms with van der Waals surface area (Å²) in [4.78, 5) is 21.7. The molecule has 32 heavy (non-hydrogen) atoms. The first-order chi connectivity index (χ1) is 15.5. The van der Waals surface area contributed by atoms with Gasteiger partial charge in [0.1, 0.15) is 12.1 Å². The number of hydrogen-bond donors (Lipinski definition) is 0. The second kappa shape index (κ2) is 9.96. The lowest BCUT2D eigenvalue weighted by Gasteiger charge is -2.36. The van der Waals surface area contributed by atoms with Gasteiger partial charge in [0, 0.05) is 51.4 Å². The highest BCUT2D eigenvalue weighted by molar-refractivity contribution is 5.78. The number of nitrogens with zero attached hydrogens (tertiary/aromatic N) is 4. The molecule has 7 heteroatoms. The minimum atomic E-state index is -1.36. The van der Waals surface area contributed by atoms with Gasteiger partial charge in [-0.3, -0.25) is 9.47 Å². The Labute approximate surface area is 188 Å². The van der Waals surface area contributed by atoms with Crippen molar-refractivity contribution in [2.45, 2.75) is 38.7 Å². The second-order valence-electron chi connectivity index (χ2n) is 8.24. The Morgan fingerprint density at radius 2 is 1.84 bits per heavy atom. The maximum Gasteiger partial charge on any atom is 0.329 e. The third-order valence-corrected chi connectivity index (χ3v) is 5.91. The van der Waals surface area contributed by atoms with Crippen molar-refractivity contribution in [2.75, 3.05) is 20.1 Å². The van der Waals surface area contributed by atoms with Crippen LogP contribution in [-0.4, -0.2) is 57.9 Å². The average molecular weight is 437 g/mol. The van der Waals surface area contributed by atoms with Crippen LogP contribution < -0.4 is 4.74 Å². The maximum atomic E-state index is 13.0. The van der Waals surface area contributed by atoms with Gasteiger partial charge in [-0.05, 0) is 42.7 Å². The Kier molecular flexibility index (Phi) is 6.85. The molecule has 1 amide bonds. The van der Waals surface area contributed by atoms with E-state index in [2.05, 4.69) is 34.1 Å². The zero-order chi connectivity index (χ0) is 22.5. The van der Waals surface area contributed by atoms with E-state index in [9.17, 15) is 9.18 Å². The molecule has 4 rings (SSSR count). The number of amides is 1. The highest BCUT2D eigenvalue weighted by atomic mass is 19.1. The van der Waals surface area contributed by atoms with Crippen LogP contribution in [0.15, 0.2) is 67.1 Å². The molecule has 1 saturated heterocycles. The summed E-state index contributed by atoms with van der Waals surface area (Å²) in [7, 11) is 1.86. The van der Waals surface area contributed by atoms with Crippen LogP contribution in [-0.2, 0) is 6.54 Å². The van der Waals surface area contributed by atoms with Crippen molar-refractivity contribution in [1.82, 2.24) is 19.4 Å². The van der Waals surface area contributed by atoms with Crippen molar-refractivity contribution in [3.05, 3.63) is 72.7 Å². The third kappa shape index (κ3) is 5.34. The molecule has 0 saturated carbocycles. The van der Waals surface area contributed by atoms with Crippen LogP contribution in [0, 0.1) is 0 Å². The molecule has 0 radical (unpaired) electrons. The molecule has 0 bridgehead atoms. The summed E-state index contributed by atoms with van der Waals surface area (Å²) in [5.74, 6) is 0.456. The van der Waals surface area contributed by atoms with Crippen LogP contribution in [0.1, 0.15) is 25.3 Å². The van der Waals surface area contributed by atoms with E-state index < -0.39 is 6.36 Å². The molecule has 1 aliphatic rings. The molecular formula is C25H29FN4O2. The van der Waals surface area contributed by atoms with Crippen LogP contribution in [0.3, 0.4) is 0 Å². The second-order valence-corrected chi connectivity index (χ2v) is 8.24. The lowest BCUT2D eigenvalue weighted by atomic mass is 10.0. The van der Waals surface area contributed by atoms with E-state index in [-0.39, 0.29) is 12.1 Å². The van der Waals surface area contributed by atoms with E-state index in [1.165, 1.54) is 17.1 Å². The highest BCUT2D eigenvalue weighted by Crippen LogP contribution is 2.23. The number of rotatable bonds is 6. The van der Waals surface area contributed by atoms with E-state index in [0.29, 0.717) is 11.4 Å². The molecule has 2 aromatic carbocycles. The summed E-state index contributed by atoms with van der Waals surface area (Å²) in [5.41, 5.74) is 2.84. The number of piperidine rings is 1. The number of alkyl halides is 1. The van der Waals surface area contributed by atoms with Gasteiger partial charge in [-0.1, -0.05) is 30.3 Å². The molecule has 6 nitrogen and oxygen atoms in total. The van der Waals surface area contributed by atoms with E-state index in [4.69, 9.17) is 4.74 Å². The fourth-order valence-corrected chi connectivity index (χ4v) is 4.11. The van der Waals surface area contributed by atoms with Gasteiger partial charge in [0.05, 0.1) is 5.69 Å². The molecule has 1 atom stereocenters. The normalized spacial score (nSPS) is 16.0. The van der Waals surface area contributed by atoms with Gasteiger partial charge in [0.2, 0.25) is 6.36 Å². The Hall–Kier alpha value is -3.19. The SMILES string of the molecule is CC(F)Oc1ccc(-c2cn(C(=O)N(C)C3CCN(Cc4ccccc4)CC3)cn2)cc1. The summed E-state index contributed by atoms with van der Waals surface area (Å²) >= 11 is 0. The quantitative estimate of drug-likeness (QED) is 0.557. The number of hydrogen-bond acceptors (Lipinski definition) is 4. The van der Waals surface area contributed by atoms with Gasteiger partial charge in [0.15, 0.2) is 0 Å². The van der Waals surface area contributed by atoms with Crippen LogP contribution in [0.4, 0.5) is 9.18 Å². The van der Waals surface area contributed by atoms with Crippen molar-refractivity contribution in [3.63, 3.8) is 0 Å². The Morgan fingerprint density at radius 3 is 2.50 bits per heavy atom. The number of benzene rings is 2. The molecular weight excluding hydrogens is 407 g/mol. The minimum absolute atomic E-state index is 0.0866. The van der Waals surface area contributed by atoms with E-state index in [1.54, 1.807) is 36.8 Å². The monoisotopic (exact) mass is 436 g/mol. The average Bonchev–Trinajstić information content (AvgIpc) is 3.30. The zero-order valence-electron chi connectivity index (χ0n) is 18.5. The van der Waals surface area contributed by atoms with Crippen LogP contribution in [0.5, 0.6) is 5.75 Å². The van der Waals surface area contributed by atoms with Crippen molar-refractivity contribution >= 4 is 6.03 Å². The summed E-state index contributed by atoms with van der Waals surface area (Å²) in [5, 5.41) is 0. The summed E-state index contributed by atoms with van der Waals surface area (Å²) in [6.45, 7) is 4.23. The molecule has 1 fully saturated rings. The van der Waals surface area contributed by atoms with Crippen molar-refractivity contribution < 1.29 is 13.9 Å². The Morgan fingerprint density at radius 1 is 1.16 bits per heavy atom. The minimum Gasteiger partial charge on any atom is -0.461 e. The van der Waals surface area contributed by atoms with Crippen LogP contribution in [0.25, 0.3) is 11.3 Å². The first-order valence-electron chi connectivity index (χ1n) is 11.0. The fourth-order valence-electron chi connectivity index (χ4n) is 4.11. The van der Waals surface area contributed by atoms with Gasteiger partial charge in [-0.2, -0.15) is 0 Å². The summed E-state index contributed by atoms with van der Waals surface area (Å²) < 4.78 is 19.5. The molecule has 0 spiro atoms. The Bertz CT molecular complexity index is 1010. The fraction of sp³-hybridized carbons (Fsp3) is 0.360. The van der Waals surface area contributed by atoms with Crippen molar-refractivity contribution in [3.8, 4) is 17.0 Å². The molecule has 2 heterocycles. The van der Waals surface area contributed by atoms with Crippen molar-refractivity contribution in [2.24, 2.45) is 0 Å². The van der Waals surface area contributed by atoms with Crippen molar-refractivity contribution in [1.29, 1.82) is 0 Å². The topological polar surface area (TPSA) is 50.6 Å². The van der Waals surface area contributed by atoms with Gasteiger partial charge < -0.3 is 9.64 Å². The standard InChI is InChI=1S/C25H29FN4O2/c1-19(26)32-23-10-8-21(9-11-23)24-17-30(18-27-24)25(31)28(2)22-12-14-29(15-13-22)16-20-6-4-3-5-7-20/h3-11,17-19,22H,12-16H2,1-2H3. The van der Waals surface area contributed by atoms with Crippen LogP contribution >= 0.6 is 0 Å². The van der Waals surface area contributed by atoms with Gasteiger partial charge >= 0.3 is 6.03 Å². The lowest BCUT2D eigenvalue weighted by Crippen LogP contribution is -2.46. The molecule has 168 valence electrons. The number of imidazole rings is 1. The van der Waals surface area contributed by atoms with Crippen LogP contribution in [0.2, 0.25) is 0 Å². The van der Waals surface area contributed by atoms with E-state index in [1.807, 2.05) is 18.0 Å². The zero-order valence-corrected chi connectivity index (χ0v) is 18.5. The molecule has 3 aromatic rings. The van der Waals surface area contributed by atoms with E-state index >= 15 is 0 Å². The van der Waals surface area contributed by atoms with Gasteiger partial charge in [-0.25, -0.2) is 14.2 Å². The molecule has 0 aliphatic carbocycles. The first kappa shape index (κ1) is 22.0. The molecule has 0 N–H and O–H groups in total. The van der Waals surface area contributed by atoms with Gasteiger partial charge in [0.25, 0.3) is 0 Å². The third-order valence-electron chi connectivity index (χ3n) is 5.91.